The summed E-state index contributed by atoms with van der Waals surface area (Å²) in [6.45, 7) is 2.81. The van der Waals surface area contributed by atoms with Crippen LogP contribution in [-0.2, 0) is 41.8 Å². The van der Waals surface area contributed by atoms with Crippen molar-refractivity contribution in [2.24, 2.45) is 0 Å². The predicted octanol–water partition coefficient (Wildman–Crippen LogP) is 7.58. The van der Waals surface area contributed by atoms with E-state index in [0.29, 0.717) is 25.7 Å². The quantitative estimate of drug-likeness (QED) is 0.00979. The molecule has 1 aliphatic carbocycles. The molecule has 9 atom stereocenters. The third kappa shape index (κ3) is 31.2. The first-order chi connectivity index (χ1) is 31.5. The summed E-state index contributed by atoms with van der Waals surface area (Å²) in [6.07, 6.45) is 27.1. The van der Waals surface area contributed by atoms with Gasteiger partial charge in [-0.3, -0.25) is 23.2 Å². The van der Waals surface area contributed by atoms with Crippen molar-refractivity contribution in [1.82, 2.24) is 0 Å². The van der Waals surface area contributed by atoms with Gasteiger partial charge in [-0.05, 0) is 77.0 Å². The minimum atomic E-state index is -5.38. The Kier molecular flexibility index (Phi) is 34.4. The number of carbonyl (C=O) groups excluding carboxylic acids is 2. The van der Waals surface area contributed by atoms with E-state index in [-0.39, 0.29) is 12.8 Å². The molecule has 0 spiro atoms. The van der Waals surface area contributed by atoms with Crippen molar-refractivity contribution >= 4 is 27.6 Å². The molecule has 0 aromatic heterocycles. The van der Waals surface area contributed by atoms with Crippen LogP contribution in [0.3, 0.4) is 0 Å². The summed E-state index contributed by atoms with van der Waals surface area (Å²) in [5.41, 5.74) is 0. The van der Waals surface area contributed by atoms with Crippen molar-refractivity contribution in [2.75, 3.05) is 13.2 Å². The summed E-state index contributed by atoms with van der Waals surface area (Å²) < 4.78 is 49.2. The van der Waals surface area contributed by atoms with Gasteiger partial charge in [0.2, 0.25) is 0 Å². The highest BCUT2D eigenvalue weighted by Crippen LogP contribution is 2.49. The molecule has 1 fully saturated rings. The van der Waals surface area contributed by atoms with Crippen LogP contribution in [0.25, 0.3) is 0 Å². The lowest BCUT2D eigenvalue weighted by molar-refractivity contribution is -0.216. The van der Waals surface area contributed by atoms with E-state index in [1.807, 2.05) is 18.2 Å². The maximum absolute atomic E-state index is 13.0. The van der Waals surface area contributed by atoms with Crippen LogP contribution in [0, 0.1) is 0 Å². The summed E-state index contributed by atoms with van der Waals surface area (Å²) in [6, 6.07) is 0. The van der Waals surface area contributed by atoms with Crippen molar-refractivity contribution in [3.8, 4) is 0 Å². The van der Waals surface area contributed by atoms with E-state index in [9.17, 15) is 49.1 Å². The average Bonchev–Trinajstić information content (AvgIpc) is 3.27. The molecule has 0 radical (unpaired) electrons. The number of aliphatic hydroxyl groups is 5. The molecule has 17 nitrogen and oxygen atoms in total. The van der Waals surface area contributed by atoms with E-state index in [2.05, 4.69) is 67.0 Å². The van der Waals surface area contributed by atoms with Crippen LogP contribution < -0.4 is 0 Å². The molecule has 0 amide bonds. The molecular formula is C47H78O17P2. The van der Waals surface area contributed by atoms with Gasteiger partial charge in [0.05, 0.1) is 12.7 Å². The van der Waals surface area contributed by atoms with Crippen LogP contribution in [0.1, 0.15) is 136 Å². The molecule has 0 saturated heterocycles. The van der Waals surface area contributed by atoms with Gasteiger partial charge in [0.25, 0.3) is 0 Å². The zero-order valence-corrected chi connectivity index (χ0v) is 40.5. The molecule has 8 N–H and O–H groups in total. The lowest BCUT2D eigenvalue weighted by Crippen LogP contribution is -2.64. The highest BCUT2D eigenvalue weighted by Gasteiger charge is 2.54. The standard InChI is InChI=1S/C47H78O17P2/c1-3-5-7-9-11-13-14-15-16-17-18-20-22-26-31-35-41(50)62-39(37-61-66(58,59)64-47-44(53)42(51)43(52)46(45(47)54)63-65(55,56)57)36-60-40(49)34-30-27-23-25-29-33-38(48)32-28-24-21-19-12-10-8-6-4-2/h5,7,11-13,15-16,19,23-25,28-29,33,38-39,42-48,51-54H,3-4,6,8-10,14,17-18,20-22,26-27,30-32,34-37H2,1-2H3,(H,58,59)(H2,55,56,57)/b7-5-,13-11-,16-15-,19-12-,25-23+,28-24-,33-29-/t38?,39-,42?,43?,44?,45?,46-,47+/m1/s1. The van der Waals surface area contributed by atoms with Crippen LogP contribution in [0.4, 0.5) is 0 Å². The average molecular weight is 977 g/mol. The van der Waals surface area contributed by atoms with Gasteiger partial charge >= 0.3 is 27.6 Å². The topological polar surface area (TPSA) is 276 Å². The fourth-order valence-corrected chi connectivity index (χ4v) is 7.94. The minimum absolute atomic E-state index is 0.00952. The molecule has 378 valence electrons. The summed E-state index contributed by atoms with van der Waals surface area (Å²) in [5.74, 6) is -1.36. The Morgan fingerprint density at radius 1 is 0.576 bits per heavy atom. The van der Waals surface area contributed by atoms with Gasteiger partial charge in [-0.15, -0.1) is 0 Å². The van der Waals surface area contributed by atoms with E-state index in [1.54, 1.807) is 18.2 Å². The second-order valence-electron chi connectivity index (χ2n) is 15.9. The van der Waals surface area contributed by atoms with Crippen molar-refractivity contribution < 1.29 is 82.0 Å². The number of esters is 2. The smallest absolute Gasteiger partial charge is 0.462 e. The van der Waals surface area contributed by atoms with E-state index in [0.717, 1.165) is 64.2 Å². The third-order valence-electron chi connectivity index (χ3n) is 10.0. The zero-order valence-electron chi connectivity index (χ0n) is 38.7. The van der Waals surface area contributed by atoms with Crippen LogP contribution in [0.2, 0.25) is 0 Å². The number of hydrogen-bond donors (Lipinski definition) is 8. The highest BCUT2D eigenvalue weighted by atomic mass is 31.2. The molecule has 19 heteroatoms. The van der Waals surface area contributed by atoms with E-state index in [4.69, 9.17) is 28.3 Å². The number of rotatable bonds is 37. The molecule has 0 aliphatic heterocycles. The Morgan fingerprint density at radius 3 is 1.76 bits per heavy atom. The van der Waals surface area contributed by atoms with Crippen LogP contribution in [0.15, 0.2) is 85.1 Å². The van der Waals surface area contributed by atoms with Gasteiger partial charge in [-0.2, -0.15) is 0 Å². The Morgan fingerprint density at radius 2 is 1.12 bits per heavy atom. The molecule has 6 unspecified atom stereocenters. The Balaban J connectivity index is 2.70. The molecule has 1 rings (SSSR count). The summed E-state index contributed by atoms with van der Waals surface area (Å²) in [4.78, 5) is 54.2. The van der Waals surface area contributed by atoms with Gasteiger partial charge in [0, 0.05) is 12.8 Å². The van der Waals surface area contributed by atoms with Gasteiger partial charge in [-0.25, -0.2) is 9.13 Å². The highest BCUT2D eigenvalue weighted by molar-refractivity contribution is 7.47. The number of allylic oxidation sites excluding steroid dienone is 12. The maximum Gasteiger partial charge on any atom is 0.472 e. The van der Waals surface area contributed by atoms with Crippen molar-refractivity contribution in [3.63, 3.8) is 0 Å². The molecule has 0 bridgehead atoms. The second-order valence-corrected chi connectivity index (χ2v) is 18.5. The largest absolute Gasteiger partial charge is 0.472 e. The molecule has 0 aromatic rings. The normalized spacial score (nSPS) is 22.8. The van der Waals surface area contributed by atoms with Crippen LogP contribution in [0.5, 0.6) is 0 Å². The van der Waals surface area contributed by atoms with Gasteiger partial charge in [0.1, 0.15) is 43.2 Å². The lowest BCUT2D eigenvalue weighted by Gasteiger charge is -2.43. The Labute approximate surface area is 391 Å². The molecule has 0 heterocycles. The first kappa shape index (κ1) is 61.2. The second kappa shape index (κ2) is 37.1. The third-order valence-corrected chi connectivity index (χ3v) is 11.5. The fraction of sp³-hybridized carbons (Fsp3) is 0.660. The summed E-state index contributed by atoms with van der Waals surface area (Å²) in [5, 5.41) is 51.4. The zero-order chi connectivity index (χ0) is 49.1. The molecule has 1 saturated carbocycles. The van der Waals surface area contributed by atoms with Gasteiger partial charge < -0.3 is 49.7 Å². The molecule has 0 aromatic carbocycles. The first-order valence-electron chi connectivity index (χ1n) is 23.2. The van der Waals surface area contributed by atoms with Crippen LogP contribution in [-0.4, -0.2) is 114 Å². The molecule has 1 aliphatic rings. The monoisotopic (exact) mass is 976 g/mol. The number of hydrogen-bond acceptors (Lipinski definition) is 14. The number of ether oxygens (including phenoxy) is 2. The fourth-order valence-electron chi connectivity index (χ4n) is 6.41. The molecule has 66 heavy (non-hydrogen) atoms. The maximum atomic E-state index is 13.0. The SMILES string of the molecule is CC/C=C\C/C=C\C/C=C\CCCCCCCC(=O)O[C@H](COC(=O)CCC/C=C/C=C\C(O)C/C=C\C/C=C\CCCCC)COP(=O)(O)O[C@H]1C(O)C(O)C(O)[C@@H](OP(=O)(O)O)C1O. The van der Waals surface area contributed by atoms with E-state index < -0.39 is 89.6 Å². The number of aliphatic hydroxyl groups excluding tert-OH is 5. The Hall–Kier alpha value is -2.86. The van der Waals surface area contributed by atoms with Crippen molar-refractivity contribution in [1.29, 1.82) is 0 Å². The van der Waals surface area contributed by atoms with E-state index in [1.165, 1.54) is 19.3 Å². The summed E-state index contributed by atoms with van der Waals surface area (Å²) >= 11 is 0. The summed E-state index contributed by atoms with van der Waals surface area (Å²) in [7, 11) is -10.7. The Bertz CT molecular complexity index is 1620. The van der Waals surface area contributed by atoms with Gasteiger partial charge in [-0.1, -0.05) is 131 Å². The lowest BCUT2D eigenvalue weighted by atomic mass is 9.85. The van der Waals surface area contributed by atoms with E-state index >= 15 is 0 Å². The molecular weight excluding hydrogens is 898 g/mol. The number of unbranched alkanes of at least 4 members (excludes halogenated alkanes) is 9. The predicted molar refractivity (Wildman–Crippen MR) is 251 cm³/mol. The van der Waals surface area contributed by atoms with Crippen molar-refractivity contribution in [3.05, 3.63) is 85.1 Å². The number of carbonyl (C=O) groups is 2. The minimum Gasteiger partial charge on any atom is -0.462 e. The number of phosphoric acid groups is 2. The van der Waals surface area contributed by atoms with Crippen molar-refractivity contribution in [2.45, 2.75) is 185 Å². The first-order valence-corrected chi connectivity index (χ1v) is 26.3. The van der Waals surface area contributed by atoms with Gasteiger partial charge in [0.15, 0.2) is 6.10 Å². The van der Waals surface area contributed by atoms with Crippen LogP contribution >= 0.6 is 15.6 Å². The number of phosphoric ester groups is 2.